The van der Waals surface area contributed by atoms with Crippen LogP contribution in [0.4, 0.5) is 5.69 Å². The van der Waals surface area contributed by atoms with Crippen LogP contribution in [0.15, 0.2) is 24.3 Å². The zero-order valence-electron chi connectivity index (χ0n) is 8.57. The number of carbonyl (C=O) groups excluding carboxylic acids is 2. The maximum atomic E-state index is 11.7. The van der Waals surface area contributed by atoms with E-state index in [0.717, 1.165) is 0 Å². The summed E-state index contributed by atoms with van der Waals surface area (Å²) in [5.74, 6) is -0.395. The van der Waals surface area contributed by atoms with Gasteiger partial charge in [0.2, 0.25) is 0 Å². The van der Waals surface area contributed by atoms with Crippen molar-refractivity contribution in [3.05, 3.63) is 29.8 Å². The predicted octanol–water partition coefficient (Wildman–Crippen LogP) is 0.758. The second kappa shape index (κ2) is 4.70. The molecule has 0 aromatic heterocycles. The molecule has 0 aliphatic carbocycles. The van der Waals surface area contributed by atoms with Crippen LogP contribution in [0.2, 0.25) is 0 Å². The van der Waals surface area contributed by atoms with Crippen LogP contribution < -0.4 is 11.5 Å². The van der Waals surface area contributed by atoms with Gasteiger partial charge >= 0.3 is 0 Å². The van der Waals surface area contributed by atoms with Gasteiger partial charge in [-0.25, -0.2) is 0 Å². The fourth-order valence-electron chi connectivity index (χ4n) is 1.20. The van der Waals surface area contributed by atoms with Crippen LogP contribution >= 0.6 is 0 Å². The van der Waals surface area contributed by atoms with Gasteiger partial charge in [0.05, 0.1) is 6.04 Å². The number of carbonyl (C=O) groups is 2. The molecule has 0 aliphatic heterocycles. The molecule has 4 N–H and O–H groups in total. The highest BCUT2D eigenvalue weighted by atomic mass is 16.1. The number of para-hydroxylation sites is 1. The Morgan fingerprint density at radius 3 is 2.47 bits per heavy atom. The van der Waals surface area contributed by atoms with Gasteiger partial charge in [-0.05, 0) is 19.1 Å². The van der Waals surface area contributed by atoms with Crippen LogP contribution in [-0.2, 0) is 4.79 Å². The Morgan fingerprint density at radius 1 is 1.33 bits per heavy atom. The van der Waals surface area contributed by atoms with E-state index in [2.05, 4.69) is 0 Å². The molecule has 0 bridgehead atoms. The average Bonchev–Trinajstić information content (AvgIpc) is 2.18. The molecule has 80 valence electrons. The van der Waals surface area contributed by atoms with Gasteiger partial charge in [0.25, 0.3) is 0 Å². The zero-order chi connectivity index (χ0) is 11.4. The fourth-order valence-corrected chi connectivity index (χ4v) is 1.20. The summed E-state index contributed by atoms with van der Waals surface area (Å²) in [4.78, 5) is 22.6. The molecular weight excluding hydrogens is 192 g/mol. The monoisotopic (exact) mass is 206 g/mol. The first-order valence-electron chi connectivity index (χ1n) is 4.66. The van der Waals surface area contributed by atoms with Gasteiger partial charge in [-0.1, -0.05) is 12.1 Å². The van der Waals surface area contributed by atoms with E-state index >= 15 is 0 Å². The van der Waals surface area contributed by atoms with E-state index in [1.165, 1.54) is 6.92 Å². The SMILES string of the molecule is CC(=O)[C@@H](N)CC(=O)c1ccccc1N. The van der Waals surface area contributed by atoms with Crippen LogP contribution in [-0.4, -0.2) is 17.6 Å². The van der Waals surface area contributed by atoms with Gasteiger partial charge in [-0.3, -0.25) is 9.59 Å². The van der Waals surface area contributed by atoms with E-state index < -0.39 is 6.04 Å². The summed E-state index contributed by atoms with van der Waals surface area (Å²) in [6.45, 7) is 1.37. The van der Waals surface area contributed by atoms with Crippen molar-refractivity contribution in [1.29, 1.82) is 0 Å². The van der Waals surface area contributed by atoms with E-state index in [9.17, 15) is 9.59 Å². The van der Waals surface area contributed by atoms with E-state index in [4.69, 9.17) is 11.5 Å². The van der Waals surface area contributed by atoms with Crippen LogP contribution in [0, 0.1) is 0 Å². The third-order valence-electron chi connectivity index (χ3n) is 2.19. The van der Waals surface area contributed by atoms with Crippen LogP contribution in [0.25, 0.3) is 0 Å². The molecule has 1 aromatic rings. The minimum Gasteiger partial charge on any atom is -0.398 e. The van der Waals surface area contributed by atoms with Crippen LogP contribution in [0.5, 0.6) is 0 Å². The third kappa shape index (κ3) is 2.89. The van der Waals surface area contributed by atoms with Crippen LogP contribution in [0.1, 0.15) is 23.7 Å². The lowest BCUT2D eigenvalue weighted by molar-refractivity contribution is -0.118. The first-order chi connectivity index (χ1) is 7.02. The molecule has 0 heterocycles. The Balaban J connectivity index is 2.78. The van der Waals surface area contributed by atoms with E-state index in [1.54, 1.807) is 24.3 Å². The minimum absolute atomic E-state index is 0.00352. The fraction of sp³-hybridized carbons (Fsp3) is 0.273. The molecule has 0 radical (unpaired) electrons. The predicted molar refractivity (Wildman–Crippen MR) is 58.5 cm³/mol. The summed E-state index contributed by atoms with van der Waals surface area (Å²) < 4.78 is 0. The molecule has 0 spiro atoms. The summed E-state index contributed by atoms with van der Waals surface area (Å²) in [5, 5.41) is 0. The number of hydrogen-bond donors (Lipinski definition) is 2. The van der Waals surface area contributed by atoms with Gasteiger partial charge in [-0.15, -0.1) is 0 Å². The van der Waals surface area contributed by atoms with Crippen molar-refractivity contribution in [2.24, 2.45) is 5.73 Å². The second-order valence-electron chi connectivity index (χ2n) is 3.43. The van der Waals surface area contributed by atoms with Crippen LogP contribution in [0.3, 0.4) is 0 Å². The van der Waals surface area contributed by atoms with Gasteiger partial charge in [0, 0.05) is 17.7 Å². The lowest BCUT2D eigenvalue weighted by atomic mass is 10.0. The lowest BCUT2D eigenvalue weighted by Gasteiger charge is -2.08. The summed E-state index contributed by atoms with van der Waals surface area (Å²) in [6.07, 6.45) is 0.00352. The van der Waals surface area contributed by atoms with Crippen molar-refractivity contribution < 1.29 is 9.59 Å². The number of benzene rings is 1. The molecule has 4 heteroatoms. The van der Waals surface area contributed by atoms with Crippen molar-refractivity contribution in [3.8, 4) is 0 Å². The molecule has 0 unspecified atom stereocenters. The van der Waals surface area contributed by atoms with E-state index in [0.29, 0.717) is 11.3 Å². The standard InChI is InChI=1S/C11H14N2O2/c1-7(14)10(13)6-11(15)8-4-2-3-5-9(8)12/h2-5,10H,6,12-13H2,1H3/t10-/m0/s1. The smallest absolute Gasteiger partial charge is 0.166 e. The van der Waals surface area contributed by atoms with Gasteiger partial charge in [0.1, 0.15) is 5.78 Å². The Morgan fingerprint density at radius 2 is 1.93 bits per heavy atom. The van der Waals surface area contributed by atoms with E-state index in [1.807, 2.05) is 0 Å². The highest BCUT2D eigenvalue weighted by molar-refractivity contribution is 6.03. The average molecular weight is 206 g/mol. The Labute approximate surface area is 88.3 Å². The lowest BCUT2D eigenvalue weighted by Crippen LogP contribution is -2.31. The number of nitrogens with two attached hydrogens (primary N) is 2. The summed E-state index contributed by atoms with van der Waals surface area (Å²) in [6, 6.07) is 6.01. The number of nitrogen functional groups attached to an aromatic ring is 1. The molecular formula is C11H14N2O2. The molecule has 0 saturated carbocycles. The molecule has 0 fully saturated rings. The Bertz CT molecular complexity index is 388. The number of ketones is 2. The number of rotatable bonds is 4. The van der Waals surface area contributed by atoms with Crippen molar-refractivity contribution in [3.63, 3.8) is 0 Å². The second-order valence-corrected chi connectivity index (χ2v) is 3.43. The normalized spacial score (nSPS) is 12.1. The molecule has 1 atom stereocenters. The highest BCUT2D eigenvalue weighted by Gasteiger charge is 2.16. The number of anilines is 1. The summed E-state index contributed by atoms with van der Waals surface area (Å²) in [7, 11) is 0. The van der Waals surface area contributed by atoms with Crippen molar-refractivity contribution in [1.82, 2.24) is 0 Å². The van der Waals surface area contributed by atoms with E-state index in [-0.39, 0.29) is 18.0 Å². The highest BCUT2D eigenvalue weighted by Crippen LogP contribution is 2.13. The number of hydrogen-bond acceptors (Lipinski definition) is 4. The Hall–Kier alpha value is -1.68. The first kappa shape index (κ1) is 11.4. The summed E-state index contributed by atoms with van der Waals surface area (Å²) in [5.41, 5.74) is 12.0. The molecule has 4 nitrogen and oxygen atoms in total. The minimum atomic E-state index is -0.739. The third-order valence-corrected chi connectivity index (χ3v) is 2.19. The number of Topliss-reactive ketones (excluding diaryl/α,β-unsaturated/α-hetero) is 2. The zero-order valence-corrected chi connectivity index (χ0v) is 8.57. The first-order valence-corrected chi connectivity index (χ1v) is 4.66. The molecule has 1 rings (SSSR count). The molecule has 1 aromatic carbocycles. The maximum Gasteiger partial charge on any atom is 0.166 e. The maximum absolute atomic E-state index is 11.7. The van der Waals surface area contributed by atoms with Gasteiger partial charge in [0.15, 0.2) is 5.78 Å². The largest absolute Gasteiger partial charge is 0.398 e. The van der Waals surface area contributed by atoms with Crippen molar-refractivity contribution >= 4 is 17.3 Å². The van der Waals surface area contributed by atoms with Gasteiger partial charge in [-0.2, -0.15) is 0 Å². The molecule has 0 amide bonds. The quantitative estimate of drug-likeness (QED) is 0.562. The summed E-state index contributed by atoms with van der Waals surface area (Å²) >= 11 is 0. The molecule has 0 aliphatic rings. The van der Waals surface area contributed by atoms with Gasteiger partial charge < -0.3 is 11.5 Å². The molecule has 15 heavy (non-hydrogen) atoms. The topological polar surface area (TPSA) is 86.2 Å². The van der Waals surface area contributed by atoms with Crippen molar-refractivity contribution in [2.45, 2.75) is 19.4 Å². The Kier molecular flexibility index (Phi) is 3.57. The molecule has 0 saturated heterocycles. The van der Waals surface area contributed by atoms with Crippen molar-refractivity contribution in [2.75, 3.05) is 5.73 Å².